The predicted molar refractivity (Wildman–Crippen MR) is 93.0 cm³/mol. The molecule has 7 nitrogen and oxygen atoms in total. The number of nitrogens with one attached hydrogen (secondary N) is 2. The molecule has 1 aromatic heterocycles. The molecular weight excluding hydrogens is 332 g/mol. The van der Waals surface area contributed by atoms with Crippen molar-refractivity contribution in [2.45, 2.75) is 57.4 Å². The zero-order valence-electron chi connectivity index (χ0n) is 15.1. The van der Waals surface area contributed by atoms with Crippen LogP contribution in [0.4, 0.5) is 0 Å². The third-order valence-corrected chi connectivity index (χ3v) is 6.38. The fraction of sp³-hybridized carbons (Fsp3) is 0.632. The molecule has 26 heavy (non-hydrogen) atoms. The minimum atomic E-state index is -0.623. The molecule has 2 bridgehead atoms. The van der Waals surface area contributed by atoms with E-state index in [0.29, 0.717) is 13.1 Å². The Labute approximate surface area is 152 Å². The summed E-state index contributed by atoms with van der Waals surface area (Å²) in [4.78, 5) is 27.7. The molecule has 1 aliphatic carbocycles. The molecule has 4 atom stereocenters. The smallest absolute Gasteiger partial charge is 0.230 e. The van der Waals surface area contributed by atoms with Crippen LogP contribution in [0.15, 0.2) is 12.2 Å². The van der Waals surface area contributed by atoms with Gasteiger partial charge in [0, 0.05) is 11.7 Å². The number of carbonyl (C=O) groups excluding carboxylic acids is 2. The lowest BCUT2D eigenvalue weighted by atomic mass is 9.77. The Balaban J connectivity index is 1.34. The first-order valence-electron chi connectivity index (χ1n) is 9.50. The van der Waals surface area contributed by atoms with Crippen molar-refractivity contribution in [3.63, 3.8) is 0 Å². The van der Waals surface area contributed by atoms with E-state index in [4.69, 9.17) is 4.74 Å². The average molecular weight is 356 g/mol. The summed E-state index contributed by atoms with van der Waals surface area (Å²) >= 11 is 0. The lowest BCUT2D eigenvalue weighted by molar-refractivity contribution is -0.138. The fourth-order valence-electron chi connectivity index (χ4n) is 5.09. The van der Waals surface area contributed by atoms with Crippen molar-refractivity contribution >= 4 is 11.8 Å². The number of aryl methyl sites for hydroxylation is 1. The van der Waals surface area contributed by atoms with Crippen LogP contribution in [0.1, 0.15) is 37.2 Å². The van der Waals surface area contributed by atoms with Gasteiger partial charge in [-0.05, 0) is 38.7 Å². The van der Waals surface area contributed by atoms with Gasteiger partial charge in [-0.1, -0.05) is 12.2 Å². The van der Waals surface area contributed by atoms with Gasteiger partial charge in [-0.25, -0.2) is 0 Å². The van der Waals surface area contributed by atoms with Crippen LogP contribution in [-0.4, -0.2) is 51.2 Å². The molecule has 4 aliphatic rings. The molecule has 7 heteroatoms. The lowest BCUT2D eigenvalue weighted by Crippen LogP contribution is -2.44. The van der Waals surface area contributed by atoms with Gasteiger partial charge in [-0.3, -0.25) is 14.7 Å². The van der Waals surface area contributed by atoms with E-state index in [0.717, 1.165) is 25.0 Å². The number of likely N-dealkylation sites (tertiary alicyclic amines) is 1. The minimum Gasteiger partial charge on any atom is -0.360 e. The second-order valence-corrected chi connectivity index (χ2v) is 8.16. The number of carbonyl (C=O) groups is 2. The first-order chi connectivity index (χ1) is 12.5. The Kier molecular flexibility index (Phi) is 3.35. The van der Waals surface area contributed by atoms with Gasteiger partial charge in [0.25, 0.3) is 0 Å². The first-order valence-corrected chi connectivity index (χ1v) is 9.50. The van der Waals surface area contributed by atoms with Crippen LogP contribution >= 0.6 is 0 Å². The number of ether oxygens (including phenoxy) is 1. The molecule has 0 unspecified atom stereocenters. The highest BCUT2D eigenvalue weighted by Crippen LogP contribution is 2.52. The molecule has 0 saturated carbocycles. The maximum Gasteiger partial charge on any atom is 0.230 e. The number of rotatable bonds is 4. The monoisotopic (exact) mass is 356 g/mol. The summed E-state index contributed by atoms with van der Waals surface area (Å²) in [7, 11) is 0. The van der Waals surface area contributed by atoms with Gasteiger partial charge in [0.2, 0.25) is 11.8 Å². The van der Waals surface area contributed by atoms with Crippen LogP contribution < -0.4 is 5.32 Å². The first kappa shape index (κ1) is 16.1. The second-order valence-electron chi connectivity index (χ2n) is 8.16. The SMILES string of the molecule is CC(C)N1C[C@@]23C=C[C@@H](O2)[C@@H](C(=O)NCc2n[nH]c4c2CCC4)[C@H]3C1=O. The van der Waals surface area contributed by atoms with Gasteiger partial charge in [0.1, 0.15) is 5.60 Å². The van der Waals surface area contributed by atoms with Crippen LogP contribution in [0.5, 0.6) is 0 Å². The Hall–Kier alpha value is -2.15. The Bertz CT molecular complexity index is 814. The van der Waals surface area contributed by atoms with E-state index in [2.05, 4.69) is 15.5 Å². The molecule has 138 valence electrons. The highest BCUT2D eigenvalue weighted by molar-refractivity contribution is 5.93. The van der Waals surface area contributed by atoms with Crippen LogP contribution in [0.25, 0.3) is 0 Å². The number of hydrogen-bond donors (Lipinski definition) is 2. The molecule has 2 saturated heterocycles. The number of amides is 2. The number of fused-ring (bicyclic) bond motifs is 2. The largest absolute Gasteiger partial charge is 0.360 e. The van der Waals surface area contributed by atoms with Crippen LogP contribution in [0.2, 0.25) is 0 Å². The topological polar surface area (TPSA) is 87.3 Å². The fourth-order valence-corrected chi connectivity index (χ4v) is 5.09. The molecule has 2 amide bonds. The zero-order chi connectivity index (χ0) is 18.1. The molecule has 2 fully saturated rings. The van der Waals surface area contributed by atoms with Crippen molar-refractivity contribution in [1.82, 2.24) is 20.4 Å². The van der Waals surface area contributed by atoms with Gasteiger partial charge >= 0.3 is 0 Å². The Morgan fingerprint density at radius 1 is 1.50 bits per heavy atom. The van der Waals surface area contributed by atoms with Crippen LogP contribution in [-0.2, 0) is 33.7 Å². The standard InChI is InChI=1S/C19H24N4O3/c1-10(2)23-9-19-7-6-14(26-19)15(16(19)18(23)25)17(24)20-8-13-11-4-3-5-12(11)21-22-13/h6-7,10,14-16H,3-5,8-9H2,1-2H3,(H,20,24)(H,21,22)/t14-,15-,16+,19-/m1/s1. The molecule has 0 radical (unpaired) electrons. The van der Waals surface area contributed by atoms with E-state index < -0.39 is 17.4 Å². The third kappa shape index (κ3) is 2.06. The van der Waals surface area contributed by atoms with Crippen molar-refractivity contribution in [1.29, 1.82) is 0 Å². The van der Waals surface area contributed by atoms with E-state index in [1.807, 2.05) is 30.9 Å². The van der Waals surface area contributed by atoms with Crippen molar-refractivity contribution in [2.75, 3.05) is 6.54 Å². The number of H-pyrrole nitrogens is 1. The normalized spacial score (nSPS) is 34.0. The summed E-state index contributed by atoms with van der Waals surface area (Å²) < 4.78 is 6.12. The number of hydrogen-bond acceptors (Lipinski definition) is 4. The van der Waals surface area contributed by atoms with Crippen molar-refractivity contribution in [3.05, 3.63) is 29.1 Å². The molecule has 3 aliphatic heterocycles. The predicted octanol–water partition coefficient (Wildman–Crippen LogP) is 0.705. The second kappa shape index (κ2) is 5.42. The van der Waals surface area contributed by atoms with Crippen LogP contribution in [0, 0.1) is 11.8 Å². The summed E-state index contributed by atoms with van der Waals surface area (Å²) in [5.41, 5.74) is 2.73. The van der Waals surface area contributed by atoms with E-state index in [9.17, 15) is 9.59 Å². The van der Waals surface area contributed by atoms with Crippen LogP contribution in [0.3, 0.4) is 0 Å². The van der Waals surface area contributed by atoms with Crippen molar-refractivity contribution in [2.24, 2.45) is 11.8 Å². The van der Waals surface area contributed by atoms with Gasteiger partial charge in [-0.15, -0.1) is 0 Å². The third-order valence-electron chi connectivity index (χ3n) is 6.38. The summed E-state index contributed by atoms with van der Waals surface area (Å²) in [6.45, 7) is 4.94. The molecule has 4 heterocycles. The molecule has 5 rings (SSSR count). The minimum absolute atomic E-state index is 0.0349. The molecule has 0 aromatic carbocycles. The molecule has 1 aromatic rings. The quantitative estimate of drug-likeness (QED) is 0.778. The molecule has 1 spiro atoms. The Morgan fingerprint density at radius 2 is 2.35 bits per heavy atom. The van der Waals surface area contributed by atoms with Gasteiger partial charge in [-0.2, -0.15) is 5.10 Å². The number of aromatic nitrogens is 2. The summed E-state index contributed by atoms with van der Waals surface area (Å²) in [5.74, 6) is -0.944. The maximum atomic E-state index is 13.0. The maximum absolute atomic E-state index is 13.0. The summed E-state index contributed by atoms with van der Waals surface area (Å²) in [6.07, 6.45) is 6.82. The highest BCUT2D eigenvalue weighted by atomic mass is 16.5. The van der Waals surface area contributed by atoms with E-state index in [1.165, 1.54) is 11.3 Å². The average Bonchev–Trinajstić information content (AvgIpc) is 3.37. The van der Waals surface area contributed by atoms with E-state index in [1.54, 1.807) is 0 Å². The lowest BCUT2D eigenvalue weighted by Gasteiger charge is -2.24. The van der Waals surface area contributed by atoms with E-state index >= 15 is 0 Å². The van der Waals surface area contributed by atoms with Gasteiger partial charge in [0.05, 0.1) is 36.7 Å². The van der Waals surface area contributed by atoms with Gasteiger partial charge in [0.15, 0.2) is 0 Å². The van der Waals surface area contributed by atoms with Crippen molar-refractivity contribution < 1.29 is 14.3 Å². The Morgan fingerprint density at radius 3 is 3.15 bits per heavy atom. The molecular formula is C19H24N4O3. The highest BCUT2D eigenvalue weighted by Gasteiger charge is 2.67. The van der Waals surface area contributed by atoms with Crippen molar-refractivity contribution in [3.8, 4) is 0 Å². The van der Waals surface area contributed by atoms with E-state index in [-0.39, 0.29) is 24.0 Å². The summed E-state index contributed by atoms with van der Waals surface area (Å²) in [6, 6.07) is 0.105. The zero-order valence-corrected chi connectivity index (χ0v) is 15.1. The number of nitrogens with zero attached hydrogens (tertiary/aromatic N) is 2. The van der Waals surface area contributed by atoms with Gasteiger partial charge < -0.3 is 15.0 Å². The molecule has 2 N–H and O–H groups in total. The summed E-state index contributed by atoms with van der Waals surface area (Å²) in [5, 5.41) is 10.4. The number of aromatic amines is 1.